The molecule has 0 aliphatic carbocycles. The van der Waals surface area contributed by atoms with Crippen LogP contribution in [-0.2, 0) is 6.54 Å². The normalized spacial score (nSPS) is 10.7. The van der Waals surface area contributed by atoms with Crippen molar-refractivity contribution in [3.05, 3.63) is 48.5 Å². The largest absolute Gasteiger partial charge is 0.435 e. The quantitative estimate of drug-likeness (QED) is 0.687. The molecule has 0 fully saturated rings. The third-order valence-corrected chi connectivity index (χ3v) is 3.55. The van der Waals surface area contributed by atoms with E-state index in [0.717, 1.165) is 5.56 Å². The maximum Gasteiger partial charge on any atom is 0.387 e. The van der Waals surface area contributed by atoms with E-state index in [-0.39, 0.29) is 5.75 Å². The van der Waals surface area contributed by atoms with Gasteiger partial charge < -0.3 is 15.4 Å². The number of halogens is 2. The summed E-state index contributed by atoms with van der Waals surface area (Å²) in [5.41, 5.74) is 1.68. The van der Waals surface area contributed by atoms with Gasteiger partial charge in [0.15, 0.2) is 5.82 Å². The third kappa shape index (κ3) is 4.75. The molecule has 2 amide bonds. The summed E-state index contributed by atoms with van der Waals surface area (Å²) < 4.78 is 30.5. The second kappa shape index (κ2) is 8.21. The number of tetrazole rings is 1. The minimum Gasteiger partial charge on any atom is -0.435 e. The Morgan fingerprint density at radius 1 is 1.15 bits per heavy atom. The van der Waals surface area contributed by atoms with Gasteiger partial charge in [0.05, 0.1) is 0 Å². The monoisotopic (exact) mass is 374 g/mol. The van der Waals surface area contributed by atoms with Crippen molar-refractivity contribution < 1.29 is 18.3 Å². The van der Waals surface area contributed by atoms with Crippen LogP contribution < -0.4 is 15.4 Å². The molecule has 140 valence electrons. The topological polar surface area (TPSA) is 94.0 Å². The van der Waals surface area contributed by atoms with E-state index < -0.39 is 12.6 Å². The molecule has 0 bridgehead atoms. The smallest absolute Gasteiger partial charge is 0.387 e. The standard InChI is InChI=1S/C17H16F2N6O2/c1-2-25-15(22-23-24-25)11-6-8-12(9-7-11)20-17(26)21-13-4-3-5-14(10-13)27-16(18)19/h3-10,16H,2H2,1H3,(H2,20,21,26). The second-order valence-electron chi connectivity index (χ2n) is 5.38. The van der Waals surface area contributed by atoms with E-state index >= 15 is 0 Å². The summed E-state index contributed by atoms with van der Waals surface area (Å²) >= 11 is 0. The second-order valence-corrected chi connectivity index (χ2v) is 5.38. The number of carbonyl (C=O) groups excluding carboxylic acids is 1. The van der Waals surface area contributed by atoms with Gasteiger partial charge in [-0.05, 0) is 53.7 Å². The SMILES string of the molecule is CCn1nnnc1-c1ccc(NC(=O)Nc2cccc(OC(F)F)c2)cc1. The molecule has 1 heterocycles. The summed E-state index contributed by atoms with van der Waals surface area (Å²) in [6.45, 7) is -0.359. The minimum atomic E-state index is -2.93. The maximum absolute atomic E-state index is 12.2. The zero-order valence-corrected chi connectivity index (χ0v) is 14.3. The molecule has 1 aromatic heterocycles. The van der Waals surface area contributed by atoms with Crippen LogP contribution in [0.5, 0.6) is 5.75 Å². The average molecular weight is 374 g/mol. The van der Waals surface area contributed by atoms with Crippen molar-refractivity contribution in [1.82, 2.24) is 20.2 Å². The van der Waals surface area contributed by atoms with Gasteiger partial charge in [0, 0.05) is 29.5 Å². The van der Waals surface area contributed by atoms with Crippen LogP contribution in [-0.4, -0.2) is 32.8 Å². The Hall–Kier alpha value is -3.56. The lowest BCUT2D eigenvalue weighted by molar-refractivity contribution is -0.0497. The Bertz CT molecular complexity index is 914. The van der Waals surface area contributed by atoms with Crippen molar-refractivity contribution in [2.75, 3.05) is 10.6 Å². The minimum absolute atomic E-state index is 0.0409. The number of alkyl halides is 2. The van der Waals surface area contributed by atoms with Gasteiger partial charge in [0.1, 0.15) is 5.75 Å². The van der Waals surface area contributed by atoms with Crippen molar-refractivity contribution in [3.63, 3.8) is 0 Å². The molecular weight excluding hydrogens is 358 g/mol. The fourth-order valence-corrected chi connectivity index (χ4v) is 2.37. The van der Waals surface area contributed by atoms with Gasteiger partial charge in [0.2, 0.25) is 0 Å². The molecule has 0 spiro atoms. The molecule has 0 radical (unpaired) electrons. The number of amides is 2. The number of urea groups is 1. The predicted octanol–water partition coefficient (Wildman–Crippen LogP) is 3.61. The Morgan fingerprint density at radius 3 is 2.59 bits per heavy atom. The molecular formula is C17H16F2N6O2. The predicted molar refractivity (Wildman–Crippen MR) is 94.6 cm³/mol. The molecule has 10 heteroatoms. The van der Waals surface area contributed by atoms with Crippen LogP contribution in [0.3, 0.4) is 0 Å². The number of aromatic nitrogens is 4. The number of ether oxygens (including phenoxy) is 1. The van der Waals surface area contributed by atoms with E-state index in [1.807, 2.05) is 6.92 Å². The van der Waals surface area contributed by atoms with Crippen molar-refractivity contribution in [2.45, 2.75) is 20.1 Å². The molecule has 27 heavy (non-hydrogen) atoms. The Balaban J connectivity index is 1.63. The number of anilines is 2. The highest BCUT2D eigenvalue weighted by molar-refractivity contribution is 5.99. The summed E-state index contributed by atoms with van der Waals surface area (Å²) in [7, 11) is 0. The lowest BCUT2D eigenvalue weighted by Gasteiger charge is -2.10. The van der Waals surface area contributed by atoms with E-state index in [1.165, 1.54) is 18.2 Å². The fraction of sp³-hybridized carbons (Fsp3) is 0.176. The van der Waals surface area contributed by atoms with Crippen LogP contribution in [0.1, 0.15) is 6.92 Å². The molecule has 3 rings (SSSR count). The van der Waals surface area contributed by atoms with Crippen LogP contribution >= 0.6 is 0 Å². The number of benzene rings is 2. The summed E-state index contributed by atoms with van der Waals surface area (Å²) in [4.78, 5) is 12.1. The number of hydrogen-bond acceptors (Lipinski definition) is 5. The van der Waals surface area contributed by atoms with Gasteiger partial charge in [-0.3, -0.25) is 0 Å². The molecule has 0 aliphatic heterocycles. The third-order valence-electron chi connectivity index (χ3n) is 3.55. The first-order chi connectivity index (χ1) is 13.0. The van der Waals surface area contributed by atoms with Crippen LogP contribution in [0.15, 0.2) is 48.5 Å². The number of rotatable bonds is 6. The summed E-state index contributed by atoms with van der Waals surface area (Å²) in [6, 6.07) is 12.2. The number of carbonyl (C=O) groups is 1. The highest BCUT2D eigenvalue weighted by Gasteiger charge is 2.09. The Morgan fingerprint density at radius 2 is 1.89 bits per heavy atom. The number of hydrogen-bond donors (Lipinski definition) is 2. The van der Waals surface area contributed by atoms with Crippen LogP contribution in [0.25, 0.3) is 11.4 Å². The lowest BCUT2D eigenvalue weighted by Crippen LogP contribution is -2.19. The molecule has 0 aliphatic rings. The number of nitrogens with one attached hydrogen (secondary N) is 2. The van der Waals surface area contributed by atoms with Crippen LogP contribution in [0, 0.1) is 0 Å². The maximum atomic E-state index is 12.2. The van der Waals surface area contributed by atoms with E-state index in [0.29, 0.717) is 23.7 Å². The van der Waals surface area contributed by atoms with Gasteiger partial charge in [-0.1, -0.05) is 6.07 Å². The zero-order valence-electron chi connectivity index (χ0n) is 14.3. The first-order valence-electron chi connectivity index (χ1n) is 8.04. The Kier molecular flexibility index (Phi) is 5.55. The molecule has 0 atom stereocenters. The molecule has 0 saturated carbocycles. The van der Waals surface area contributed by atoms with E-state index in [9.17, 15) is 13.6 Å². The fourth-order valence-electron chi connectivity index (χ4n) is 2.37. The average Bonchev–Trinajstić information content (AvgIpc) is 3.10. The summed E-state index contributed by atoms with van der Waals surface area (Å²) in [5, 5.41) is 16.7. The van der Waals surface area contributed by atoms with Crippen LogP contribution in [0.2, 0.25) is 0 Å². The molecule has 2 N–H and O–H groups in total. The van der Waals surface area contributed by atoms with Gasteiger partial charge in [-0.25, -0.2) is 9.48 Å². The van der Waals surface area contributed by atoms with E-state index in [4.69, 9.17) is 0 Å². The summed E-state index contributed by atoms with van der Waals surface area (Å²) in [5.74, 6) is 0.588. The van der Waals surface area contributed by atoms with Crippen molar-refractivity contribution >= 4 is 17.4 Å². The molecule has 8 nitrogen and oxygen atoms in total. The van der Waals surface area contributed by atoms with Gasteiger partial charge in [0.25, 0.3) is 0 Å². The van der Waals surface area contributed by atoms with Crippen molar-refractivity contribution in [2.24, 2.45) is 0 Å². The van der Waals surface area contributed by atoms with Gasteiger partial charge in [-0.2, -0.15) is 8.78 Å². The Labute approximate surface area is 153 Å². The van der Waals surface area contributed by atoms with Crippen LogP contribution in [0.4, 0.5) is 25.0 Å². The first kappa shape index (κ1) is 18.2. The van der Waals surface area contributed by atoms with E-state index in [2.05, 4.69) is 30.9 Å². The molecule has 0 saturated heterocycles. The lowest BCUT2D eigenvalue weighted by atomic mass is 10.2. The summed E-state index contributed by atoms with van der Waals surface area (Å²) in [6.07, 6.45) is 0. The van der Waals surface area contributed by atoms with Crippen molar-refractivity contribution in [1.29, 1.82) is 0 Å². The highest BCUT2D eigenvalue weighted by atomic mass is 19.3. The molecule has 2 aromatic carbocycles. The highest BCUT2D eigenvalue weighted by Crippen LogP contribution is 2.21. The van der Waals surface area contributed by atoms with Gasteiger partial charge >= 0.3 is 12.6 Å². The molecule has 0 unspecified atom stereocenters. The number of nitrogens with zero attached hydrogens (tertiary/aromatic N) is 4. The molecule has 3 aromatic rings. The zero-order chi connectivity index (χ0) is 19.2. The van der Waals surface area contributed by atoms with E-state index in [1.54, 1.807) is 35.0 Å². The first-order valence-corrected chi connectivity index (χ1v) is 8.04. The van der Waals surface area contributed by atoms with Gasteiger partial charge in [-0.15, -0.1) is 5.10 Å². The number of aryl methyl sites for hydroxylation is 1. The van der Waals surface area contributed by atoms with Crippen molar-refractivity contribution in [3.8, 4) is 17.1 Å².